The Balaban J connectivity index is 2.56. The Morgan fingerprint density at radius 1 is 1.31 bits per heavy atom. The van der Waals surface area contributed by atoms with Crippen molar-refractivity contribution in [1.82, 2.24) is 0 Å². The summed E-state index contributed by atoms with van der Waals surface area (Å²) in [6.07, 6.45) is 2.02. The lowest BCUT2D eigenvalue weighted by Gasteiger charge is -2.36. The number of nitrogens with zero attached hydrogens (tertiary/aromatic N) is 1. The first-order chi connectivity index (χ1) is 5.71. The van der Waals surface area contributed by atoms with Gasteiger partial charge in [0, 0.05) is 5.71 Å². The fraction of sp³-hybridized carbons (Fsp3) is 0.900. The van der Waals surface area contributed by atoms with Gasteiger partial charge >= 0.3 is 0 Å². The molecule has 1 aliphatic rings. The van der Waals surface area contributed by atoms with Gasteiger partial charge in [0.2, 0.25) is 0 Å². The molecule has 2 nitrogen and oxygen atoms in total. The molecule has 0 aliphatic heterocycles. The van der Waals surface area contributed by atoms with Crippen molar-refractivity contribution in [3.63, 3.8) is 0 Å². The maximum atomic E-state index is 11.6. The number of rotatable bonds is 1. The highest BCUT2D eigenvalue weighted by atomic mass is 32.2. The van der Waals surface area contributed by atoms with Crippen molar-refractivity contribution in [2.75, 3.05) is 0 Å². The van der Waals surface area contributed by atoms with Gasteiger partial charge in [0.25, 0.3) is 0 Å². The van der Waals surface area contributed by atoms with Crippen molar-refractivity contribution in [3.05, 3.63) is 0 Å². The molecule has 0 heterocycles. The second-order valence-electron chi connectivity index (χ2n) is 5.54. The summed E-state index contributed by atoms with van der Waals surface area (Å²) in [5, 5.41) is 0. The Hall–Kier alpha value is -0.180. The highest BCUT2D eigenvalue weighted by molar-refractivity contribution is 7.85. The van der Waals surface area contributed by atoms with E-state index in [1.54, 1.807) is 0 Å². The van der Waals surface area contributed by atoms with Crippen LogP contribution in [-0.4, -0.2) is 14.7 Å². The highest BCUT2D eigenvalue weighted by Gasteiger charge is 2.33. The average molecular weight is 201 g/mol. The van der Waals surface area contributed by atoms with Crippen molar-refractivity contribution in [3.8, 4) is 0 Å². The Bertz CT molecular complexity index is 251. The molecule has 76 valence electrons. The predicted octanol–water partition coefficient (Wildman–Crippen LogP) is 2.71. The van der Waals surface area contributed by atoms with Crippen LogP contribution in [0.4, 0.5) is 0 Å². The van der Waals surface area contributed by atoms with E-state index in [-0.39, 0.29) is 4.75 Å². The van der Waals surface area contributed by atoms with E-state index in [4.69, 9.17) is 0 Å². The van der Waals surface area contributed by atoms with Gasteiger partial charge in [-0.3, -0.25) is 0 Å². The SMILES string of the molecule is CC1(C)CC(=NS(=O)C(C)(C)C)C1. The summed E-state index contributed by atoms with van der Waals surface area (Å²) in [5.74, 6) is 0. The molecule has 0 aromatic heterocycles. The van der Waals surface area contributed by atoms with Crippen LogP contribution in [0.5, 0.6) is 0 Å². The molecule has 3 heteroatoms. The molecule has 1 rings (SSSR count). The summed E-state index contributed by atoms with van der Waals surface area (Å²) < 4.78 is 15.6. The van der Waals surface area contributed by atoms with Crippen LogP contribution in [0.1, 0.15) is 47.5 Å². The zero-order valence-corrected chi connectivity index (χ0v) is 9.99. The lowest BCUT2D eigenvalue weighted by atomic mass is 9.71. The van der Waals surface area contributed by atoms with Gasteiger partial charge in [-0.1, -0.05) is 13.8 Å². The van der Waals surface area contributed by atoms with E-state index in [0.29, 0.717) is 5.41 Å². The van der Waals surface area contributed by atoms with Crippen LogP contribution >= 0.6 is 0 Å². The zero-order valence-electron chi connectivity index (χ0n) is 9.18. The fourth-order valence-electron chi connectivity index (χ4n) is 1.37. The highest BCUT2D eigenvalue weighted by Crippen LogP contribution is 2.38. The molecule has 0 amide bonds. The standard InChI is InChI=1S/C10H19NOS/c1-9(2,3)13(12)11-8-6-10(4,5)7-8/h6-7H2,1-5H3. The summed E-state index contributed by atoms with van der Waals surface area (Å²) in [4.78, 5) is 0. The zero-order chi connectivity index (χ0) is 10.3. The molecule has 0 aromatic rings. The van der Waals surface area contributed by atoms with Crippen LogP contribution in [0.2, 0.25) is 0 Å². The normalized spacial score (nSPS) is 23.6. The quantitative estimate of drug-likeness (QED) is 0.641. The number of hydrogen-bond acceptors (Lipinski definition) is 1. The lowest BCUT2D eigenvalue weighted by molar-refractivity contribution is 0.341. The van der Waals surface area contributed by atoms with Gasteiger partial charge in [-0.25, -0.2) is 4.21 Å². The second kappa shape index (κ2) is 3.19. The fourth-order valence-corrected chi connectivity index (χ4v) is 2.01. The van der Waals surface area contributed by atoms with Crippen LogP contribution in [0.25, 0.3) is 0 Å². The third-order valence-corrected chi connectivity index (χ3v) is 3.57. The van der Waals surface area contributed by atoms with Crippen LogP contribution in [0.3, 0.4) is 0 Å². The minimum atomic E-state index is -1.06. The molecule has 0 spiro atoms. The summed E-state index contributed by atoms with van der Waals surface area (Å²) in [5.41, 5.74) is 1.51. The van der Waals surface area contributed by atoms with Crippen LogP contribution in [-0.2, 0) is 11.0 Å². The molecule has 1 saturated carbocycles. The average Bonchev–Trinajstić information content (AvgIpc) is 1.80. The van der Waals surface area contributed by atoms with E-state index in [9.17, 15) is 4.21 Å². The van der Waals surface area contributed by atoms with E-state index in [1.165, 1.54) is 0 Å². The largest absolute Gasteiger partial charge is 0.234 e. The summed E-state index contributed by atoms with van der Waals surface area (Å²) in [6, 6.07) is 0. The van der Waals surface area contributed by atoms with Gasteiger partial charge < -0.3 is 0 Å². The second-order valence-corrected chi connectivity index (χ2v) is 7.44. The van der Waals surface area contributed by atoms with Gasteiger partial charge in [-0.15, -0.1) is 0 Å². The third-order valence-electron chi connectivity index (χ3n) is 2.10. The summed E-state index contributed by atoms with van der Waals surface area (Å²) >= 11 is 0. The molecule has 13 heavy (non-hydrogen) atoms. The molecule has 0 bridgehead atoms. The molecular weight excluding hydrogens is 182 g/mol. The monoisotopic (exact) mass is 201 g/mol. The van der Waals surface area contributed by atoms with Gasteiger partial charge in [0.15, 0.2) is 0 Å². The topological polar surface area (TPSA) is 29.4 Å². The molecule has 1 aliphatic carbocycles. The molecule has 0 aromatic carbocycles. The Labute approximate surface area is 83.4 Å². The Morgan fingerprint density at radius 3 is 2.08 bits per heavy atom. The first-order valence-electron chi connectivity index (χ1n) is 4.69. The first kappa shape index (κ1) is 10.9. The van der Waals surface area contributed by atoms with Gasteiger partial charge in [0.1, 0.15) is 11.0 Å². The van der Waals surface area contributed by atoms with Crippen molar-refractivity contribution in [2.24, 2.45) is 9.81 Å². The molecule has 1 atom stereocenters. The Kier molecular flexibility index (Phi) is 2.68. The van der Waals surface area contributed by atoms with E-state index < -0.39 is 11.0 Å². The van der Waals surface area contributed by atoms with Crippen molar-refractivity contribution >= 4 is 16.7 Å². The molecule has 1 unspecified atom stereocenters. The molecule has 1 fully saturated rings. The van der Waals surface area contributed by atoms with Crippen molar-refractivity contribution in [1.29, 1.82) is 0 Å². The van der Waals surface area contributed by atoms with Crippen LogP contribution in [0.15, 0.2) is 4.40 Å². The van der Waals surface area contributed by atoms with Gasteiger partial charge in [-0.2, -0.15) is 4.40 Å². The van der Waals surface area contributed by atoms with E-state index >= 15 is 0 Å². The van der Waals surface area contributed by atoms with Gasteiger partial charge in [-0.05, 0) is 39.0 Å². The number of hydrogen-bond donors (Lipinski definition) is 0. The van der Waals surface area contributed by atoms with Crippen LogP contribution in [0, 0.1) is 5.41 Å². The van der Waals surface area contributed by atoms with Gasteiger partial charge in [0.05, 0.1) is 4.75 Å². The molecule has 0 radical (unpaired) electrons. The third kappa shape index (κ3) is 2.90. The van der Waals surface area contributed by atoms with E-state index in [1.807, 2.05) is 20.8 Å². The maximum Gasteiger partial charge on any atom is 0.144 e. The predicted molar refractivity (Wildman–Crippen MR) is 58.3 cm³/mol. The summed E-state index contributed by atoms with van der Waals surface area (Å²) in [7, 11) is -1.06. The van der Waals surface area contributed by atoms with Crippen molar-refractivity contribution < 1.29 is 4.21 Å². The molecular formula is C10H19NOS. The lowest BCUT2D eigenvalue weighted by Crippen LogP contribution is -2.33. The molecule has 0 saturated heterocycles. The Morgan fingerprint density at radius 2 is 1.77 bits per heavy atom. The summed E-state index contributed by atoms with van der Waals surface area (Å²) in [6.45, 7) is 10.3. The maximum absolute atomic E-state index is 11.6. The minimum absolute atomic E-state index is 0.216. The molecule has 0 N–H and O–H groups in total. The van der Waals surface area contributed by atoms with E-state index in [2.05, 4.69) is 18.2 Å². The first-order valence-corrected chi connectivity index (χ1v) is 5.80. The minimum Gasteiger partial charge on any atom is -0.234 e. The van der Waals surface area contributed by atoms with Crippen LogP contribution < -0.4 is 0 Å². The smallest absolute Gasteiger partial charge is 0.144 e. The van der Waals surface area contributed by atoms with E-state index in [0.717, 1.165) is 18.6 Å². The van der Waals surface area contributed by atoms with Crippen molar-refractivity contribution in [2.45, 2.75) is 52.2 Å².